The number of benzene rings is 6. The molecule has 0 radical (unpaired) electrons. The third-order valence-corrected chi connectivity index (χ3v) is 42.7. The second kappa shape index (κ2) is 32.4. The Balaban J connectivity index is 0.000000308. The van der Waals surface area contributed by atoms with Crippen molar-refractivity contribution >= 4 is 84.4 Å². The summed E-state index contributed by atoms with van der Waals surface area (Å²) in [7, 11) is 0. The molecule has 0 aliphatic rings. The quantitative estimate of drug-likeness (QED) is 0.0240. The van der Waals surface area contributed by atoms with E-state index in [1.165, 1.54) is 254 Å². The molecule has 0 atom stereocenters. The third-order valence-electron chi connectivity index (χ3n) is 19.0. The van der Waals surface area contributed by atoms with Crippen molar-refractivity contribution in [2.45, 2.75) is 280 Å². The molecule has 6 aromatic carbocycles. The molecule has 0 bridgehead atoms. The van der Waals surface area contributed by atoms with Gasteiger partial charge < -0.3 is 0 Å². The fourth-order valence-electron chi connectivity index (χ4n) is 16.9. The predicted octanol–water partition coefficient (Wildman–Crippen LogP) is 23.9. The molecule has 4 heteroatoms. The molecule has 6 rings (SSSR count). The van der Waals surface area contributed by atoms with E-state index < -0.39 is 8.49 Å². The number of hydrogen-bond donors (Lipinski definition) is 0. The van der Waals surface area contributed by atoms with E-state index in [2.05, 4.69) is 255 Å². The summed E-state index contributed by atoms with van der Waals surface area (Å²) in [5, 5.41) is 9.86. The number of unbranched alkanes of at least 4 members (excludes halogenated alkanes) is 20. The van der Waals surface area contributed by atoms with Gasteiger partial charge in [0.05, 0.1) is 0 Å². The normalized spacial score (nSPS) is 12.9. The van der Waals surface area contributed by atoms with E-state index in [0.29, 0.717) is 0 Å². The molecule has 0 nitrogen and oxygen atoms in total. The Hall–Kier alpha value is -2.36. The zero-order valence-electron chi connectivity index (χ0n) is 57.5. The van der Waals surface area contributed by atoms with E-state index >= 15 is 0 Å². The van der Waals surface area contributed by atoms with Gasteiger partial charge in [0.25, 0.3) is 0 Å². The van der Waals surface area contributed by atoms with Gasteiger partial charge in [0.1, 0.15) is 0 Å². The van der Waals surface area contributed by atoms with Gasteiger partial charge in [-0.15, -0.1) is 0 Å². The molecule has 84 heavy (non-hydrogen) atoms. The molecule has 464 valence electrons. The van der Waals surface area contributed by atoms with Crippen LogP contribution in [0.4, 0.5) is 0 Å². The maximum atomic E-state index is 3.12. The predicted molar refractivity (Wildman–Crippen MR) is 406 cm³/mol. The van der Waals surface area contributed by atoms with Crippen LogP contribution in [0, 0.1) is 125 Å². The van der Waals surface area contributed by atoms with Crippen LogP contribution in [0.5, 0.6) is 0 Å². The van der Waals surface area contributed by atoms with Crippen LogP contribution in [0.3, 0.4) is 0 Å². The van der Waals surface area contributed by atoms with E-state index in [1.54, 1.807) is 31.8 Å². The van der Waals surface area contributed by atoms with E-state index in [4.69, 9.17) is 0 Å². The number of hydrogen-bond acceptors (Lipinski definition) is 0. The van der Waals surface area contributed by atoms with Crippen LogP contribution < -0.4 is 31.8 Å². The topological polar surface area (TPSA) is 0 Å². The van der Waals surface area contributed by atoms with Crippen molar-refractivity contribution < 1.29 is 0 Å². The first-order chi connectivity index (χ1) is 39.7. The Morgan fingerprint density at radius 1 is 0.202 bits per heavy atom. The van der Waals surface area contributed by atoms with Crippen LogP contribution in [0.25, 0.3) is 0 Å². The first kappa shape index (κ1) is 72.4. The molecular formula is C80H120I2P2. The molecule has 0 N–H and O–H groups in total. The van der Waals surface area contributed by atoms with Crippen LogP contribution in [0.2, 0.25) is 0 Å². The van der Waals surface area contributed by atoms with Gasteiger partial charge in [0, 0.05) is 0 Å². The summed E-state index contributed by atoms with van der Waals surface area (Å²) in [6, 6.07) is 29.5. The van der Waals surface area contributed by atoms with Crippen LogP contribution in [0.15, 0.2) is 72.8 Å². The van der Waals surface area contributed by atoms with Gasteiger partial charge >= 0.3 is 536 Å². The van der Waals surface area contributed by atoms with E-state index in [-0.39, 0.29) is 0 Å². The molecule has 0 aliphatic carbocycles. The molecule has 0 unspecified atom stereocenters. The molecule has 0 spiro atoms. The molecule has 0 saturated heterocycles. The average molecular weight is 1400 g/mol. The van der Waals surface area contributed by atoms with Crippen LogP contribution in [-0.2, 0) is 0 Å². The maximum absolute atomic E-state index is 3.12. The summed E-state index contributed by atoms with van der Waals surface area (Å²) in [4.78, 5) is 0. The summed E-state index contributed by atoms with van der Waals surface area (Å²) < 4.78 is -5.84. The Kier molecular flexibility index (Phi) is 27.9. The Labute approximate surface area is 544 Å². The van der Waals surface area contributed by atoms with Crippen molar-refractivity contribution in [2.24, 2.45) is 0 Å². The van der Waals surface area contributed by atoms with Gasteiger partial charge in [-0.3, -0.25) is 0 Å². The van der Waals surface area contributed by atoms with Crippen molar-refractivity contribution in [3.63, 3.8) is 0 Å². The van der Waals surface area contributed by atoms with E-state index in [9.17, 15) is 0 Å². The standard InChI is InChI=1S/C41H62IP.C39H58IP/c1-11-12-13-14-15-16-17-18-19-20-21-22-23-43(42,39-33(5)24-30(2)25-34(39)6,40-35(7)26-31(3)27-36(40)8)41-37(9)28-32(4)29-38(41)10;1-11-12-13-14-15-16-17-18-19-20-21-41(40,37-31(5)22-28(2)23-32(37)6,38-33(7)24-29(3)25-34(38)8)39-35(9)26-30(4)27-36(39)10/h24-29H,11-23H2,1-10H3;22-27H,11-21H2,1-10H3. The molecule has 0 heterocycles. The third kappa shape index (κ3) is 16.7. The van der Waals surface area contributed by atoms with Gasteiger partial charge in [-0.1, -0.05) is 13.3 Å². The SMILES string of the molecule is CCCCCCCCCCCCCCP(I)(c1c(C)cc(C)cc1C)(c1c(C)cc(C)cc1C)c1c(C)cc(C)cc1C.CCCCCCCCCCCCP(I)(c1c(C)cc(C)cc1C)(c1c(C)cc(C)cc1C)c1c(C)cc(C)cc1C. The van der Waals surface area contributed by atoms with Crippen molar-refractivity contribution in [1.29, 1.82) is 0 Å². The summed E-state index contributed by atoms with van der Waals surface area (Å²) in [6.07, 6.45) is 32.9. The second-order valence-electron chi connectivity index (χ2n) is 27.4. The van der Waals surface area contributed by atoms with E-state index in [1.807, 2.05) is 0 Å². The molecule has 0 saturated carbocycles. The zero-order chi connectivity index (χ0) is 62.2. The Morgan fingerprint density at radius 2 is 0.321 bits per heavy atom. The van der Waals surface area contributed by atoms with Gasteiger partial charge in [-0.05, 0) is 0 Å². The monoisotopic (exact) mass is 1400 g/mol. The van der Waals surface area contributed by atoms with Crippen LogP contribution >= 0.6 is 52.6 Å². The van der Waals surface area contributed by atoms with Gasteiger partial charge in [0.2, 0.25) is 0 Å². The fraction of sp³-hybridized carbons (Fsp3) is 0.550. The Bertz CT molecular complexity index is 2730. The van der Waals surface area contributed by atoms with Crippen molar-refractivity contribution in [3.05, 3.63) is 173 Å². The van der Waals surface area contributed by atoms with Gasteiger partial charge in [-0.25, -0.2) is 0 Å². The number of halogens is 2. The molecular weight excluding hydrogens is 1280 g/mol. The molecule has 0 aromatic heterocycles. The molecule has 0 amide bonds. The van der Waals surface area contributed by atoms with Crippen LogP contribution in [0.1, 0.15) is 255 Å². The van der Waals surface area contributed by atoms with Crippen molar-refractivity contribution in [3.8, 4) is 0 Å². The number of aryl methyl sites for hydroxylation is 18. The van der Waals surface area contributed by atoms with Crippen LogP contribution in [-0.4, -0.2) is 12.3 Å². The molecule has 0 fully saturated rings. The first-order valence-electron chi connectivity index (χ1n) is 33.7. The minimum absolute atomic E-state index is 1.24. The average Bonchev–Trinajstić information content (AvgIpc) is 0.719. The van der Waals surface area contributed by atoms with Gasteiger partial charge in [0.15, 0.2) is 0 Å². The minimum atomic E-state index is -2.92. The summed E-state index contributed by atoms with van der Waals surface area (Å²) in [5.41, 5.74) is 25.9. The van der Waals surface area contributed by atoms with E-state index in [0.717, 1.165) is 0 Å². The zero-order valence-corrected chi connectivity index (χ0v) is 63.7. The van der Waals surface area contributed by atoms with Crippen molar-refractivity contribution in [1.82, 2.24) is 0 Å². The number of rotatable bonds is 30. The summed E-state index contributed by atoms with van der Waals surface area (Å²) >= 11 is 6.23. The first-order valence-corrected chi connectivity index (χ1v) is 44.1. The second-order valence-corrected chi connectivity index (χ2v) is 48.5. The van der Waals surface area contributed by atoms with Gasteiger partial charge in [-0.2, -0.15) is 0 Å². The fourth-order valence-corrected chi connectivity index (χ4v) is 46.6. The van der Waals surface area contributed by atoms with Crippen molar-refractivity contribution in [2.75, 3.05) is 12.3 Å². The Morgan fingerprint density at radius 3 is 0.452 bits per heavy atom. The molecule has 0 aliphatic heterocycles. The summed E-state index contributed by atoms with van der Waals surface area (Å²) in [5.74, 6) is 0. The molecule has 6 aromatic rings. The summed E-state index contributed by atoms with van der Waals surface area (Å²) in [6.45, 7) is 47.0.